The van der Waals surface area contributed by atoms with Crippen LogP contribution >= 0.6 is 0 Å². The lowest BCUT2D eigenvalue weighted by Crippen LogP contribution is -2.35. The molecule has 1 aromatic carbocycles. The number of rotatable bonds is 6. The van der Waals surface area contributed by atoms with Crippen molar-refractivity contribution in [3.05, 3.63) is 17.7 Å². The van der Waals surface area contributed by atoms with Gasteiger partial charge in [0.15, 0.2) is 11.5 Å². The minimum absolute atomic E-state index is 0.428. The Bertz CT molecular complexity index is 517. The highest BCUT2D eigenvalue weighted by Gasteiger charge is 2.31. The predicted octanol–water partition coefficient (Wildman–Crippen LogP) is 1.76. The summed E-state index contributed by atoms with van der Waals surface area (Å²) in [6.07, 6.45) is 1.58. The third kappa shape index (κ3) is 3.21. The van der Waals surface area contributed by atoms with Crippen LogP contribution in [-0.2, 0) is 11.3 Å². The van der Waals surface area contributed by atoms with Crippen molar-refractivity contribution in [3.8, 4) is 17.2 Å². The summed E-state index contributed by atoms with van der Waals surface area (Å²) in [4.78, 5) is 13.2. The van der Waals surface area contributed by atoms with Crippen LogP contribution in [0.5, 0.6) is 17.2 Å². The molecule has 0 radical (unpaired) electrons. The Morgan fingerprint density at radius 3 is 2.38 bits per heavy atom. The summed E-state index contributed by atoms with van der Waals surface area (Å²) in [5.41, 5.74) is 0.892. The van der Waals surface area contributed by atoms with E-state index in [0.717, 1.165) is 18.5 Å². The summed E-state index contributed by atoms with van der Waals surface area (Å²) in [6.45, 7) is 1.29. The van der Waals surface area contributed by atoms with E-state index < -0.39 is 12.0 Å². The largest absolute Gasteiger partial charge is 0.496 e. The number of carbonyl (C=O) groups is 1. The van der Waals surface area contributed by atoms with Crippen LogP contribution in [0.3, 0.4) is 0 Å². The second-order valence-electron chi connectivity index (χ2n) is 4.99. The molecule has 1 atom stereocenters. The second kappa shape index (κ2) is 6.67. The number of benzene rings is 1. The summed E-state index contributed by atoms with van der Waals surface area (Å²) in [7, 11) is 4.73. The van der Waals surface area contributed by atoms with E-state index in [1.165, 1.54) is 0 Å². The zero-order chi connectivity index (χ0) is 15.4. The molecule has 1 aliphatic heterocycles. The standard InChI is InChI=1S/C15H21NO5/c1-19-12-8-14(21-3)13(20-2)7-10(12)9-16-6-4-5-11(16)15(17)18/h7-8,11H,4-6,9H2,1-3H3,(H,17,18). The molecule has 1 saturated heterocycles. The molecular weight excluding hydrogens is 274 g/mol. The summed E-state index contributed by atoms with van der Waals surface area (Å²) in [5.74, 6) is 1.10. The van der Waals surface area contributed by atoms with Gasteiger partial charge in [0.1, 0.15) is 11.8 Å². The van der Waals surface area contributed by atoms with E-state index in [9.17, 15) is 9.90 Å². The number of likely N-dealkylation sites (tertiary alicyclic amines) is 1. The second-order valence-corrected chi connectivity index (χ2v) is 4.99. The maximum atomic E-state index is 11.3. The van der Waals surface area contributed by atoms with Crippen LogP contribution in [0.2, 0.25) is 0 Å². The molecule has 1 aromatic rings. The van der Waals surface area contributed by atoms with Crippen LogP contribution in [-0.4, -0.2) is 49.9 Å². The highest BCUT2D eigenvalue weighted by atomic mass is 16.5. The molecule has 1 N–H and O–H groups in total. The number of nitrogens with zero attached hydrogens (tertiary/aromatic N) is 1. The lowest BCUT2D eigenvalue weighted by Gasteiger charge is -2.23. The smallest absolute Gasteiger partial charge is 0.320 e. The number of aliphatic carboxylic acids is 1. The van der Waals surface area contributed by atoms with E-state index in [2.05, 4.69) is 0 Å². The van der Waals surface area contributed by atoms with Crippen molar-refractivity contribution >= 4 is 5.97 Å². The molecule has 1 aliphatic rings. The van der Waals surface area contributed by atoms with E-state index in [0.29, 0.717) is 30.2 Å². The van der Waals surface area contributed by atoms with Crippen LogP contribution in [0.15, 0.2) is 12.1 Å². The topological polar surface area (TPSA) is 68.2 Å². The first kappa shape index (κ1) is 15.4. The van der Waals surface area contributed by atoms with Gasteiger partial charge in [-0.15, -0.1) is 0 Å². The number of hydrogen-bond acceptors (Lipinski definition) is 5. The fraction of sp³-hybridized carbons (Fsp3) is 0.533. The van der Waals surface area contributed by atoms with Gasteiger partial charge in [-0.1, -0.05) is 0 Å². The average molecular weight is 295 g/mol. The number of carboxylic acids is 1. The summed E-state index contributed by atoms with van der Waals surface area (Å²) >= 11 is 0. The molecular formula is C15H21NO5. The van der Waals surface area contributed by atoms with Crippen LogP contribution in [0.1, 0.15) is 18.4 Å². The van der Waals surface area contributed by atoms with Crippen LogP contribution < -0.4 is 14.2 Å². The molecule has 0 spiro atoms. The fourth-order valence-corrected chi connectivity index (χ4v) is 2.73. The predicted molar refractivity (Wildman–Crippen MR) is 77.2 cm³/mol. The molecule has 6 heteroatoms. The van der Waals surface area contributed by atoms with E-state index in [-0.39, 0.29) is 0 Å². The van der Waals surface area contributed by atoms with Gasteiger partial charge >= 0.3 is 5.97 Å². The minimum Gasteiger partial charge on any atom is -0.496 e. The first-order valence-electron chi connectivity index (χ1n) is 6.86. The van der Waals surface area contributed by atoms with Crippen molar-refractivity contribution in [1.29, 1.82) is 0 Å². The van der Waals surface area contributed by atoms with Gasteiger partial charge in [-0.25, -0.2) is 0 Å². The van der Waals surface area contributed by atoms with Gasteiger partial charge in [-0.05, 0) is 25.5 Å². The van der Waals surface area contributed by atoms with E-state index in [1.54, 1.807) is 27.4 Å². The van der Waals surface area contributed by atoms with Gasteiger partial charge < -0.3 is 19.3 Å². The molecule has 0 saturated carbocycles. The normalized spacial score (nSPS) is 18.5. The maximum Gasteiger partial charge on any atom is 0.320 e. The molecule has 116 valence electrons. The Hall–Kier alpha value is -1.95. The van der Waals surface area contributed by atoms with Gasteiger partial charge in [0, 0.05) is 18.2 Å². The first-order valence-corrected chi connectivity index (χ1v) is 6.86. The Kier molecular flexibility index (Phi) is 4.90. The Morgan fingerprint density at radius 1 is 1.19 bits per heavy atom. The van der Waals surface area contributed by atoms with Gasteiger partial charge in [0.25, 0.3) is 0 Å². The van der Waals surface area contributed by atoms with Gasteiger partial charge in [-0.2, -0.15) is 0 Å². The van der Waals surface area contributed by atoms with Gasteiger partial charge in [0.2, 0.25) is 0 Å². The van der Waals surface area contributed by atoms with Crippen molar-refractivity contribution in [2.75, 3.05) is 27.9 Å². The van der Waals surface area contributed by atoms with Crippen molar-refractivity contribution in [3.63, 3.8) is 0 Å². The fourth-order valence-electron chi connectivity index (χ4n) is 2.73. The number of carboxylic acid groups (broad SMARTS) is 1. The van der Waals surface area contributed by atoms with Crippen LogP contribution in [0, 0.1) is 0 Å². The Balaban J connectivity index is 2.28. The molecule has 0 bridgehead atoms. The SMILES string of the molecule is COc1cc(OC)c(OC)cc1CN1CCCC1C(=O)O. The van der Waals surface area contributed by atoms with Crippen LogP contribution in [0.25, 0.3) is 0 Å². The lowest BCUT2D eigenvalue weighted by molar-refractivity contribution is -0.142. The minimum atomic E-state index is -0.771. The van der Waals surface area contributed by atoms with E-state index in [1.807, 2.05) is 11.0 Å². The zero-order valence-corrected chi connectivity index (χ0v) is 12.6. The van der Waals surface area contributed by atoms with Gasteiger partial charge in [0.05, 0.1) is 21.3 Å². The summed E-state index contributed by atoms with van der Waals surface area (Å²) in [5, 5.41) is 9.25. The molecule has 0 aliphatic carbocycles. The average Bonchev–Trinajstić information content (AvgIpc) is 2.95. The molecule has 1 heterocycles. The third-order valence-corrected chi connectivity index (χ3v) is 3.81. The van der Waals surface area contributed by atoms with Crippen molar-refractivity contribution in [2.45, 2.75) is 25.4 Å². The Labute approximate surface area is 124 Å². The summed E-state index contributed by atoms with van der Waals surface area (Å²) < 4.78 is 15.9. The van der Waals surface area contributed by atoms with Crippen molar-refractivity contribution in [2.24, 2.45) is 0 Å². The third-order valence-electron chi connectivity index (χ3n) is 3.81. The molecule has 0 aromatic heterocycles. The molecule has 1 unspecified atom stereocenters. The molecule has 6 nitrogen and oxygen atoms in total. The van der Waals surface area contributed by atoms with E-state index in [4.69, 9.17) is 14.2 Å². The number of hydrogen-bond donors (Lipinski definition) is 1. The van der Waals surface area contributed by atoms with Crippen LogP contribution in [0.4, 0.5) is 0 Å². The number of ether oxygens (including phenoxy) is 3. The maximum absolute atomic E-state index is 11.3. The lowest BCUT2D eigenvalue weighted by atomic mass is 10.1. The first-order chi connectivity index (χ1) is 10.1. The Morgan fingerprint density at radius 2 is 1.81 bits per heavy atom. The molecule has 21 heavy (non-hydrogen) atoms. The number of methoxy groups -OCH3 is 3. The molecule has 1 fully saturated rings. The summed E-state index contributed by atoms with van der Waals surface area (Å²) in [6, 6.07) is 3.18. The monoisotopic (exact) mass is 295 g/mol. The molecule has 2 rings (SSSR count). The van der Waals surface area contributed by atoms with Crippen molar-refractivity contribution < 1.29 is 24.1 Å². The zero-order valence-electron chi connectivity index (χ0n) is 12.6. The highest BCUT2D eigenvalue weighted by Crippen LogP contribution is 2.36. The molecule has 0 amide bonds. The highest BCUT2D eigenvalue weighted by molar-refractivity contribution is 5.73. The van der Waals surface area contributed by atoms with Crippen molar-refractivity contribution in [1.82, 2.24) is 4.90 Å². The quantitative estimate of drug-likeness (QED) is 0.862. The van der Waals surface area contributed by atoms with E-state index >= 15 is 0 Å². The van der Waals surface area contributed by atoms with Gasteiger partial charge in [-0.3, -0.25) is 9.69 Å².